The van der Waals surface area contributed by atoms with Gasteiger partial charge in [-0.1, -0.05) is 29.1 Å². The quantitative estimate of drug-likeness (QED) is 0.689. The SMILES string of the molecule is Cc1cc(NC(=O)[C@H](C)Sc2n[nH]c(-c3ccccc3F)n2)no1. The van der Waals surface area contributed by atoms with Crippen molar-refractivity contribution in [3.8, 4) is 11.4 Å². The van der Waals surface area contributed by atoms with E-state index in [9.17, 15) is 9.18 Å². The highest BCUT2D eigenvalue weighted by Gasteiger charge is 2.19. The Bertz CT molecular complexity index is 863. The normalized spacial score (nSPS) is 12.1. The van der Waals surface area contributed by atoms with Crippen LogP contribution in [-0.4, -0.2) is 31.5 Å². The number of anilines is 1. The minimum Gasteiger partial charge on any atom is -0.360 e. The molecule has 124 valence electrons. The van der Waals surface area contributed by atoms with Crippen molar-refractivity contribution in [3.63, 3.8) is 0 Å². The van der Waals surface area contributed by atoms with Gasteiger partial charge >= 0.3 is 0 Å². The molecule has 0 unspecified atom stereocenters. The lowest BCUT2D eigenvalue weighted by Gasteiger charge is -2.07. The number of carbonyl (C=O) groups excluding carboxylic acids is 1. The number of halogens is 1. The molecule has 0 spiro atoms. The molecule has 0 aliphatic heterocycles. The number of benzene rings is 1. The van der Waals surface area contributed by atoms with E-state index in [1.807, 2.05) is 0 Å². The van der Waals surface area contributed by atoms with Crippen molar-refractivity contribution < 1.29 is 13.7 Å². The number of aromatic amines is 1. The third kappa shape index (κ3) is 3.62. The summed E-state index contributed by atoms with van der Waals surface area (Å²) in [6.45, 7) is 3.45. The fourth-order valence-electron chi connectivity index (χ4n) is 1.94. The molecule has 0 fully saturated rings. The van der Waals surface area contributed by atoms with E-state index in [1.54, 1.807) is 38.1 Å². The highest BCUT2D eigenvalue weighted by atomic mass is 32.2. The van der Waals surface area contributed by atoms with Gasteiger partial charge in [-0.15, -0.1) is 5.10 Å². The Kier molecular flexibility index (Phi) is 4.61. The lowest BCUT2D eigenvalue weighted by atomic mass is 10.2. The topological polar surface area (TPSA) is 96.7 Å². The number of rotatable bonds is 5. The van der Waals surface area contributed by atoms with E-state index in [4.69, 9.17) is 4.52 Å². The summed E-state index contributed by atoms with van der Waals surface area (Å²) in [5.74, 6) is 0.624. The molecule has 0 saturated heterocycles. The fraction of sp³-hybridized carbons (Fsp3) is 0.200. The number of carbonyl (C=O) groups is 1. The molecule has 1 aromatic carbocycles. The summed E-state index contributed by atoms with van der Waals surface area (Å²) >= 11 is 1.15. The molecule has 0 aliphatic rings. The zero-order valence-corrected chi connectivity index (χ0v) is 13.7. The predicted octanol–water partition coefficient (Wildman–Crippen LogP) is 3.03. The number of aromatic nitrogens is 4. The largest absolute Gasteiger partial charge is 0.360 e. The minimum absolute atomic E-state index is 0.259. The maximum absolute atomic E-state index is 13.7. The second-order valence-electron chi connectivity index (χ2n) is 5.02. The molecule has 2 heterocycles. The van der Waals surface area contributed by atoms with Crippen LogP contribution in [0.3, 0.4) is 0 Å². The summed E-state index contributed by atoms with van der Waals surface area (Å²) in [4.78, 5) is 16.3. The first-order valence-corrected chi connectivity index (χ1v) is 7.99. The summed E-state index contributed by atoms with van der Waals surface area (Å²) < 4.78 is 18.6. The highest BCUT2D eigenvalue weighted by molar-refractivity contribution is 8.00. The third-order valence-electron chi connectivity index (χ3n) is 3.12. The van der Waals surface area contributed by atoms with Crippen LogP contribution in [0.1, 0.15) is 12.7 Å². The molecule has 0 aliphatic carbocycles. The van der Waals surface area contributed by atoms with E-state index in [0.29, 0.717) is 28.1 Å². The average molecular weight is 347 g/mol. The van der Waals surface area contributed by atoms with Gasteiger partial charge in [-0.3, -0.25) is 9.89 Å². The van der Waals surface area contributed by atoms with E-state index in [1.165, 1.54) is 6.07 Å². The molecule has 9 heteroatoms. The Balaban J connectivity index is 1.66. The van der Waals surface area contributed by atoms with Crippen LogP contribution in [0.2, 0.25) is 0 Å². The van der Waals surface area contributed by atoms with Crippen LogP contribution in [0.4, 0.5) is 10.2 Å². The highest BCUT2D eigenvalue weighted by Crippen LogP contribution is 2.24. The van der Waals surface area contributed by atoms with Gasteiger partial charge < -0.3 is 9.84 Å². The van der Waals surface area contributed by atoms with Gasteiger partial charge in [-0.05, 0) is 26.0 Å². The van der Waals surface area contributed by atoms with Crippen molar-refractivity contribution >= 4 is 23.5 Å². The van der Waals surface area contributed by atoms with Crippen LogP contribution in [0.5, 0.6) is 0 Å². The summed E-state index contributed by atoms with van der Waals surface area (Å²) in [6, 6.07) is 7.89. The third-order valence-corrected chi connectivity index (χ3v) is 4.09. The van der Waals surface area contributed by atoms with Crippen molar-refractivity contribution in [2.24, 2.45) is 0 Å². The van der Waals surface area contributed by atoms with Gasteiger partial charge in [0.15, 0.2) is 11.6 Å². The van der Waals surface area contributed by atoms with Crippen molar-refractivity contribution in [1.82, 2.24) is 20.3 Å². The zero-order valence-electron chi connectivity index (χ0n) is 12.9. The number of H-pyrrole nitrogens is 1. The molecule has 3 aromatic rings. The van der Waals surface area contributed by atoms with E-state index in [0.717, 1.165) is 11.8 Å². The van der Waals surface area contributed by atoms with Gasteiger partial charge in [0, 0.05) is 6.07 Å². The van der Waals surface area contributed by atoms with Crippen LogP contribution in [0.25, 0.3) is 11.4 Å². The summed E-state index contributed by atoms with van der Waals surface area (Å²) in [7, 11) is 0. The van der Waals surface area contributed by atoms with E-state index in [-0.39, 0.29) is 5.91 Å². The molecule has 0 radical (unpaired) electrons. The first kappa shape index (κ1) is 16.2. The number of thioether (sulfide) groups is 1. The van der Waals surface area contributed by atoms with Crippen LogP contribution in [0, 0.1) is 12.7 Å². The fourth-order valence-corrected chi connectivity index (χ4v) is 2.66. The van der Waals surface area contributed by atoms with Gasteiger partial charge in [0.05, 0.1) is 10.8 Å². The molecule has 1 atom stereocenters. The first-order valence-electron chi connectivity index (χ1n) is 7.11. The van der Waals surface area contributed by atoms with Crippen LogP contribution in [-0.2, 0) is 4.79 Å². The molecule has 24 heavy (non-hydrogen) atoms. The molecule has 2 aromatic heterocycles. The number of hydrogen-bond acceptors (Lipinski definition) is 6. The van der Waals surface area contributed by atoms with Gasteiger partial charge in [-0.25, -0.2) is 9.37 Å². The Hall–Kier alpha value is -2.68. The summed E-state index contributed by atoms with van der Waals surface area (Å²) in [6.07, 6.45) is 0. The summed E-state index contributed by atoms with van der Waals surface area (Å²) in [5, 5.41) is 12.9. The van der Waals surface area contributed by atoms with Gasteiger partial charge in [0.1, 0.15) is 11.6 Å². The number of nitrogens with one attached hydrogen (secondary N) is 2. The van der Waals surface area contributed by atoms with Crippen LogP contribution >= 0.6 is 11.8 Å². The molecule has 3 rings (SSSR count). The molecule has 0 saturated carbocycles. The molecule has 2 N–H and O–H groups in total. The second-order valence-corrected chi connectivity index (χ2v) is 6.33. The van der Waals surface area contributed by atoms with Crippen LogP contribution < -0.4 is 5.32 Å². The van der Waals surface area contributed by atoms with Gasteiger partial charge in [-0.2, -0.15) is 0 Å². The lowest BCUT2D eigenvalue weighted by molar-refractivity contribution is -0.115. The van der Waals surface area contributed by atoms with Gasteiger partial charge in [0.2, 0.25) is 11.1 Å². The number of amides is 1. The Morgan fingerprint density at radius 2 is 2.21 bits per heavy atom. The van der Waals surface area contributed by atoms with Crippen molar-refractivity contribution in [2.45, 2.75) is 24.3 Å². The maximum Gasteiger partial charge on any atom is 0.238 e. The molecule has 7 nitrogen and oxygen atoms in total. The Labute approximate surface area is 141 Å². The number of aryl methyl sites for hydroxylation is 1. The van der Waals surface area contributed by atoms with Crippen molar-refractivity contribution in [2.75, 3.05) is 5.32 Å². The smallest absolute Gasteiger partial charge is 0.238 e. The molecular weight excluding hydrogens is 333 g/mol. The lowest BCUT2D eigenvalue weighted by Crippen LogP contribution is -2.22. The van der Waals surface area contributed by atoms with Crippen molar-refractivity contribution in [3.05, 3.63) is 41.9 Å². The van der Waals surface area contributed by atoms with E-state index < -0.39 is 11.1 Å². The monoisotopic (exact) mass is 347 g/mol. The van der Waals surface area contributed by atoms with E-state index >= 15 is 0 Å². The first-order chi connectivity index (χ1) is 11.5. The standard InChI is InChI=1S/C15H14FN5O2S/c1-8-7-12(21-23-8)17-14(22)9(2)24-15-18-13(19-20-15)10-5-3-4-6-11(10)16/h3-7,9H,1-2H3,(H,17,21,22)(H,18,19,20)/t9-/m0/s1. The minimum atomic E-state index is -0.466. The number of nitrogens with zero attached hydrogens (tertiary/aromatic N) is 3. The average Bonchev–Trinajstić information content (AvgIpc) is 3.17. The Morgan fingerprint density at radius 1 is 1.42 bits per heavy atom. The van der Waals surface area contributed by atoms with Crippen molar-refractivity contribution in [1.29, 1.82) is 0 Å². The molecule has 1 amide bonds. The maximum atomic E-state index is 13.7. The number of hydrogen-bond donors (Lipinski definition) is 2. The zero-order chi connectivity index (χ0) is 17.1. The van der Waals surface area contributed by atoms with Crippen LogP contribution in [0.15, 0.2) is 40.0 Å². The van der Waals surface area contributed by atoms with E-state index in [2.05, 4.69) is 25.7 Å². The second kappa shape index (κ2) is 6.83. The molecular formula is C15H14FN5O2S. The summed E-state index contributed by atoms with van der Waals surface area (Å²) in [5.41, 5.74) is 0.326. The predicted molar refractivity (Wildman–Crippen MR) is 87.0 cm³/mol. The Morgan fingerprint density at radius 3 is 2.92 bits per heavy atom. The van der Waals surface area contributed by atoms with Gasteiger partial charge in [0.25, 0.3) is 0 Å². The molecule has 0 bridgehead atoms.